The third kappa shape index (κ3) is 2.99. The molecule has 0 fully saturated rings. The van der Waals surface area contributed by atoms with E-state index in [9.17, 15) is 4.79 Å². The Morgan fingerprint density at radius 3 is 2.71 bits per heavy atom. The smallest absolute Gasteiger partial charge is 0.337 e. The van der Waals surface area contributed by atoms with Crippen LogP contribution >= 0.6 is 0 Å². The fourth-order valence-corrected chi connectivity index (χ4v) is 2.21. The molecule has 0 aliphatic heterocycles. The Morgan fingerprint density at radius 2 is 2.14 bits per heavy atom. The number of hydrogen-bond donors (Lipinski definition) is 2. The Hall–Kier alpha value is -2.50. The first-order valence-corrected chi connectivity index (χ1v) is 6.64. The van der Waals surface area contributed by atoms with E-state index >= 15 is 0 Å². The van der Waals surface area contributed by atoms with Gasteiger partial charge in [-0.15, -0.1) is 0 Å². The van der Waals surface area contributed by atoms with Gasteiger partial charge < -0.3 is 15.8 Å². The van der Waals surface area contributed by atoms with Crippen LogP contribution < -0.4 is 11.1 Å². The Bertz CT molecular complexity index is 677. The lowest BCUT2D eigenvalue weighted by molar-refractivity contribution is 0.0601. The number of nitrogens with one attached hydrogen (secondary N) is 1. The summed E-state index contributed by atoms with van der Waals surface area (Å²) in [5.41, 5.74) is 10.9. The molecule has 1 aromatic heterocycles. The molecule has 6 nitrogen and oxygen atoms in total. The second-order valence-corrected chi connectivity index (χ2v) is 4.92. The predicted octanol–water partition coefficient (Wildman–Crippen LogP) is 2.02. The molecule has 0 saturated heterocycles. The number of nitrogens with two attached hydrogens (primary N) is 1. The monoisotopic (exact) mass is 288 g/mol. The van der Waals surface area contributed by atoms with Gasteiger partial charge in [0.15, 0.2) is 0 Å². The number of methoxy groups -OCH3 is 1. The highest BCUT2D eigenvalue weighted by molar-refractivity contribution is 5.91. The second-order valence-electron chi connectivity index (χ2n) is 4.92. The van der Waals surface area contributed by atoms with Gasteiger partial charge in [0.25, 0.3) is 0 Å². The maximum atomic E-state index is 11.6. The summed E-state index contributed by atoms with van der Waals surface area (Å²) in [4.78, 5) is 11.6. The van der Waals surface area contributed by atoms with E-state index in [4.69, 9.17) is 10.5 Å². The average molecular weight is 288 g/mol. The zero-order valence-electron chi connectivity index (χ0n) is 12.7. The lowest BCUT2D eigenvalue weighted by Crippen LogP contribution is -2.07. The summed E-state index contributed by atoms with van der Waals surface area (Å²) in [5, 5.41) is 7.63. The largest absolute Gasteiger partial charge is 0.465 e. The number of rotatable bonds is 4. The van der Waals surface area contributed by atoms with Gasteiger partial charge >= 0.3 is 5.97 Å². The number of esters is 1. The van der Waals surface area contributed by atoms with Crippen LogP contribution in [0.5, 0.6) is 0 Å². The van der Waals surface area contributed by atoms with Gasteiger partial charge in [-0.3, -0.25) is 4.68 Å². The van der Waals surface area contributed by atoms with Gasteiger partial charge in [-0.25, -0.2) is 4.79 Å². The van der Waals surface area contributed by atoms with Crippen molar-refractivity contribution in [1.82, 2.24) is 9.78 Å². The van der Waals surface area contributed by atoms with Gasteiger partial charge in [-0.1, -0.05) is 0 Å². The number of carbonyl (C=O) groups excluding carboxylic acids is 1. The summed E-state index contributed by atoms with van der Waals surface area (Å²) >= 11 is 0. The number of hydrogen-bond acceptors (Lipinski definition) is 5. The molecule has 0 aliphatic carbocycles. The van der Waals surface area contributed by atoms with Crippen LogP contribution in [0.25, 0.3) is 0 Å². The molecule has 3 N–H and O–H groups in total. The third-order valence-electron chi connectivity index (χ3n) is 3.59. The molecule has 1 aromatic carbocycles. The molecule has 0 radical (unpaired) electrons. The molecule has 0 atom stereocenters. The van der Waals surface area contributed by atoms with E-state index in [2.05, 4.69) is 10.4 Å². The minimum Gasteiger partial charge on any atom is -0.465 e. The Kier molecular flexibility index (Phi) is 4.16. The number of nitrogen functional groups attached to an aromatic ring is 1. The molecule has 0 unspecified atom stereocenters. The van der Waals surface area contributed by atoms with Crippen molar-refractivity contribution in [2.24, 2.45) is 7.05 Å². The minimum absolute atomic E-state index is 0.383. The first-order chi connectivity index (χ1) is 9.93. The highest BCUT2D eigenvalue weighted by atomic mass is 16.5. The molecule has 0 bridgehead atoms. The van der Waals surface area contributed by atoms with Crippen molar-refractivity contribution in [3.63, 3.8) is 0 Å². The fraction of sp³-hybridized carbons (Fsp3) is 0.333. The molecular weight excluding hydrogens is 268 g/mol. The molecule has 1 heterocycles. The topological polar surface area (TPSA) is 82.2 Å². The molecule has 0 aliphatic rings. The number of carbonyl (C=O) groups is 1. The van der Waals surface area contributed by atoms with Gasteiger partial charge in [-0.05, 0) is 32.0 Å². The lowest BCUT2D eigenvalue weighted by atomic mass is 10.1. The van der Waals surface area contributed by atoms with E-state index < -0.39 is 0 Å². The second kappa shape index (κ2) is 5.87. The summed E-state index contributed by atoms with van der Waals surface area (Å²) in [5.74, 6) is -0.383. The van der Waals surface area contributed by atoms with Crippen molar-refractivity contribution < 1.29 is 9.53 Å². The molecular formula is C15H20N4O2. The van der Waals surface area contributed by atoms with Crippen LogP contribution in [0.3, 0.4) is 0 Å². The van der Waals surface area contributed by atoms with Crippen LogP contribution in [0.4, 0.5) is 11.4 Å². The maximum absolute atomic E-state index is 11.6. The van der Waals surface area contributed by atoms with E-state index in [0.29, 0.717) is 23.5 Å². The van der Waals surface area contributed by atoms with Crippen molar-refractivity contribution in [2.75, 3.05) is 18.2 Å². The van der Waals surface area contributed by atoms with Gasteiger partial charge in [0.1, 0.15) is 0 Å². The van der Waals surface area contributed by atoms with Gasteiger partial charge in [0, 0.05) is 24.8 Å². The molecule has 6 heteroatoms. The van der Waals surface area contributed by atoms with Crippen molar-refractivity contribution in [2.45, 2.75) is 20.4 Å². The quantitative estimate of drug-likeness (QED) is 0.664. The molecule has 21 heavy (non-hydrogen) atoms. The molecule has 2 rings (SSSR count). The molecule has 112 valence electrons. The SMILES string of the molecule is COC(=O)c1ccc(N)c(NCc2c(C)nn(C)c2C)c1. The number of anilines is 2. The number of aromatic nitrogens is 2. The highest BCUT2D eigenvalue weighted by Gasteiger charge is 2.11. The first-order valence-electron chi connectivity index (χ1n) is 6.64. The van der Waals surface area contributed by atoms with Crippen LogP contribution in [0, 0.1) is 13.8 Å². The molecule has 0 amide bonds. The first kappa shape index (κ1) is 14.9. The lowest BCUT2D eigenvalue weighted by Gasteiger charge is -2.11. The summed E-state index contributed by atoms with van der Waals surface area (Å²) in [7, 11) is 3.27. The zero-order chi connectivity index (χ0) is 15.6. The minimum atomic E-state index is -0.383. The van der Waals surface area contributed by atoms with Gasteiger partial charge in [0.2, 0.25) is 0 Å². The third-order valence-corrected chi connectivity index (χ3v) is 3.59. The Morgan fingerprint density at radius 1 is 1.43 bits per heavy atom. The normalized spacial score (nSPS) is 10.5. The summed E-state index contributed by atoms with van der Waals surface area (Å²) in [6.07, 6.45) is 0. The van der Waals surface area contributed by atoms with E-state index in [-0.39, 0.29) is 5.97 Å². The highest BCUT2D eigenvalue weighted by Crippen LogP contribution is 2.22. The van der Waals surface area contributed by atoms with E-state index in [1.165, 1.54) is 7.11 Å². The number of aryl methyl sites for hydroxylation is 2. The van der Waals surface area contributed by atoms with Crippen LogP contribution in [-0.2, 0) is 18.3 Å². The number of benzene rings is 1. The van der Waals surface area contributed by atoms with E-state index in [1.807, 2.05) is 25.6 Å². The van der Waals surface area contributed by atoms with Crippen molar-refractivity contribution in [3.05, 3.63) is 40.7 Å². The van der Waals surface area contributed by atoms with Gasteiger partial charge in [0.05, 0.1) is 29.7 Å². The summed E-state index contributed by atoms with van der Waals surface area (Å²) in [6, 6.07) is 5.03. The predicted molar refractivity (Wildman–Crippen MR) is 82.2 cm³/mol. The molecule has 2 aromatic rings. The van der Waals surface area contributed by atoms with Crippen LogP contribution in [0.1, 0.15) is 27.3 Å². The fourth-order valence-electron chi connectivity index (χ4n) is 2.21. The molecule has 0 saturated carbocycles. The van der Waals surface area contributed by atoms with Crippen LogP contribution in [0.15, 0.2) is 18.2 Å². The summed E-state index contributed by atoms with van der Waals surface area (Å²) < 4.78 is 6.56. The average Bonchev–Trinajstić information content (AvgIpc) is 2.71. The van der Waals surface area contributed by atoms with Crippen molar-refractivity contribution in [3.8, 4) is 0 Å². The zero-order valence-corrected chi connectivity index (χ0v) is 12.7. The summed E-state index contributed by atoms with van der Waals surface area (Å²) in [6.45, 7) is 4.59. The van der Waals surface area contributed by atoms with Crippen molar-refractivity contribution in [1.29, 1.82) is 0 Å². The van der Waals surface area contributed by atoms with E-state index in [0.717, 1.165) is 17.0 Å². The van der Waals surface area contributed by atoms with E-state index in [1.54, 1.807) is 18.2 Å². The van der Waals surface area contributed by atoms with Crippen LogP contribution in [0.2, 0.25) is 0 Å². The molecule has 0 spiro atoms. The number of nitrogens with zero attached hydrogens (tertiary/aromatic N) is 2. The van der Waals surface area contributed by atoms with Crippen LogP contribution in [-0.4, -0.2) is 22.9 Å². The number of ether oxygens (including phenoxy) is 1. The Labute approximate surface area is 123 Å². The standard InChI is InChI=1S/C15H20N4O2/c1-9-12(10(2)19(3)18-9)8-17-14-7-11(15(20)21-4)5-6-13(14)16/h5-7,17H,8,16H2,1-4H3. The van der Waals surface area contributed by atoms with Gasteiger partial charge in [-0.2, -0.15) is 5.10 Å². The van der Waals surface area contributed by atoms with Crippen molar-refractivity contribution >= 4 is 17.3 Å². The maximum Gasteiger partial charge on any atom is 0.337 e. The Balaban J connectivity index is 2.21.